The van der Waals surface area contributed by atoms with Crippen molar-refractivity contribution in [2.45, 2.75) is 0 Å². The first-order valence-electron chi connectivity index (χ1n) is 3.23. The number of fused-ring (bicyclic) bond motifs is 1. The van der Waals surface area contributed by atoms with Gasteiger partial charge in [-0.1, -0.05) is 11.6 Å². The van der Waals surface area contributed by atoms with Crippen LogP contribution in [0.3, 0.4) is 0 Å². The summed E-state index contributed by atoms with van der Waals surface area (Å²) in [4.78, 5) is 24.1. The molecule has 1 aliphatic rings. The SMILES string of the molecule is CN1C(=O)c2cc(Cl)sc2C1=O. The highest BCUT2D eigenvalue weighted by atomic mass is 35.5. The van der Waals surface area contributed by atoms with E-state index in [-0.39, 0.29) is 11.8 Å². The minimum Gasteiger partial charge on any atom is -0.277 e. The van der Waals surface area contributed by atoms with Gasteiger partial charge in [-0.05, 0) is 6.07 Å². The first-order valence-corrected chi connectivity index (χ1v) is 4.42. The van der Waals surface area contributed by atoms with E-state index < -0.39 is 0 Å². The van der Waals surface area contributed by atoms with Crippen molar-refractivity contribution in [2.24, 2.45) is 0 Å². The third kappa shape index (κ3) is 0.820. The second-order valence-corrected chi connectivity index (χ2v) is 4.15. The number of hydrogen-bond donors (Lipinski definition) is 0. The van der Waals surface area contributed by atoms with Crippen LogP contribution in [-0.2, 0) is 0 Å². The Morgan fingerprint density at radius 3 is 2.67 bits per heavy atom. The van der Waals surface area contributed by atoms with Gasteiger partial charge in [-0.3, -0.25) is 14.5 Å². The van der Waals surface area contributed by atoms with E-state index in [0.29, 0.717) is 14.8 Å². The lowest BCUT2D eigenvalue weighted by Crippen LogP contribution is -2.24. The Bertz CT molecular complexity index is 351. The summed E-state index contributed by atoms with van der Waals surface area (Å²) < 4.78 is 0.481. The van der Waals surface area contributed by atoms with Gasteiger partial charge in [0.05, 0.1) is 9.90 Å². The summed E-state index contributed by atoms with van der Waals surface area (Å²) in [6.07, 6.45) is 0. The molecule has 0 radical (unpaired) electrons. The minimum absolute atomic E-state index is 0.257. The van der Waals surface area contributed by atoms with Crippen LogP contribution in [0.1, 0.15) is 20.0 Å². The lowest BCUT2D eigenvalue weighted by Gasteiger charge is -2.03. The van der Waals surface area contributed by atoms with Gasteiger partial charge in [0.2, 0.25) is 0 Å². The maximum Gasteiger partial charge on any atom is 0.271 e. The zero-order valence-corrected chi connectivity index (χ0v) is 7.70. The van der Waals surface area contributed by atoms with Crippen LogP contribution in [0.15, 0.2) is 6.07 Å². The molecule has 2 rings (SSSR count). The number of carbonyl (C=O) groups is 2. The Kier molecular flexibility index (Phi) is 1.49. The number of hydrogen-bond acceptors (Lipinski definition) is 3. The molecule has 0 bridgehead atoms. The molecule has 3 nitrogen and oxygen atoms in total. The van der Waals surface area contributed by atoms with Crippen molar-refractivity contribution in [2.75, 3.05) is 7.05 Å². The Morgan fingerprint density at radius 1 is 1.42 bits per heavy atom. The van der Waals surface area contributed by atoms with Crippen LogP contribution < -0.4 is 0 Å². The molecule has 5 heteroatoms. The van der Waals surface area contributed by atoms with E-state index in [4.69, 9.17) is 11.6 Å². The molecular formula is C7H4ClNO2S. The van der Waals surface area contributed by atoms with Gasteiger partial charge in [-0.2, -0.15) is 0 Å². The molecular weight excluding hydrogens is 198 g/mol. The highest BCUT2D eigenvalue weighted by Crippen LogP contribution is 2.32. The van der Waals surface area contributed by atoms with Crippen molar-refractivity contribution in [1.82, 2.24) is 4.90 Å². The lowest BCUT2D eigenvalue weighted by atomic mass is 10.3. The molecule has 0 atom stereocenters. The number of thiophene rings is 1. The maximum atomic E-state index is 11.3. The molecule has 62 valence electrons. The Morgan fingerprint density at radius 2 is 2.08 bits per heavy atom. The Labute approximate surface area is 77.5 Å². The van der Waals surface area contributed by atoms with Crippen molar-refractivity contribution < 1.29 is 9.59 Å². The van der Waals surface area contributed by atoms with E-state index in [2.05, 4.69) is 0 Å². The third-order valence-corrected chi connectivity index (χ3v) is 2.99. The smallest absolute Gasteiger partial charge is 0.271 e. The molecule has 2 heterocycles. The van der Waals surface area contributed by atoms with Crippen LogP contribution in [0.2, 0.25) is 4.34 Å². The van der Waals surface area contributed by atoms with Crippen molar-refractivity contribution in [3.8, 4) is 0 Å². The van der Waals surface area contributed by atoms with Gasteiger partial charge in [-0.15, -0.1) is 11.3 Å². The summed E-state index contributed by atoms with van der Waals surface area (Å²) in [5.41, 5.74) is 0.428. The summed E-state index contributed by atoms with van der Waals surface area (Å²) >= 11 is 6.80. The molecule has 0 unspecified atom stereocenters. The van der Waals surface area contributed by atoms with E-state index in [1.807, 2.05) is 0 Å². The van der Waals surface area contributed by atoms with E-state index in [0.717, 1.165) is 16.2 Å². The lowest BCUT2D eigenvalue weighted by molar-refractivity contribution is 0.0694. The Balaban J connectivity index is 2.64. The highest BCUT2D eigenvalue weighted by Gasteiger charge is 2.34. The number of halogens is 1. The van der Waals surface area contributed by atoms with Gasteiger partial charge in [-0.25, -0.2) is 0 Å². The molecule has 1 aliphatic heterocycles. The second-order valence-electron chi connectivity index (χ2n) is 2.46. The third-order valence-electron chi connectivity index (χ3n) is 1.74. The molecule has 12 heavy (non-hydrogen) atoms. The van der Waals surface area contributed by atoms with E-state index in [9.17, 15) is 9.59 Å². The zero-order valence-electron chi connectivity index (χ0n) is 6.13. The second kappa shape index (κ2) is 2.31. The van der Waals surface area contributed by atoms with Gasteiger partial charge in [0.1, 0.15) is 4.88 Å². The van der Waals surface area contributed by atoms with Crippen LogP contribution in [0.25, 0.3) is 0 Å². The molecule has 1 aromatic heterocycles. The summed E-state index contributed by atoms with van der Waals surface area (Å²) in [6.45, 7) is 0. The predicted molar refractivity (Wildman–Crippen MR) is 45.8 cm³/mol. The van der Waals surface area contributed by atoms with Gasteiger partial charge < -0.3 is 0 Å². The molecule has 0 fully saturated rings. The van der Waals surface area contributed by atoms with E-state index in [1.165, 1.54) is 13.1 Å². The summed E-state index contributed by atoms with van der Waals surface area (Å²) in [5.74, 6) is -0.523. The molecule has 0 saturated carbocycles. The quantitative estimate of drug-likeness (QED) is 0.599. The largest absolute Gasteiger partial charge is 0.277 e. The number of amides is 2. The van der Waals surface area contributed by atoms with Crippen LogP contribution in [-0.4, -0.2) is 23.8 Å². The fraction of sp³-hybridized carbons (Fsp3) is 0.143. The molecule has 0 aliphatic carbocycles. The first-order chi connectivity index (χ1) is 5.61. The molecule has 0 N–H and O–H groups in total. The van der Waals surface area contributed by atoms with Gasteiger partial charge >= 0.3 is 0 Å². The van der Waals surface area contributed by atoms with E-state index >= 15 is 0 Å². The van der Waals surface area contributed by atoms with Gasteiger partial charge in [0, 0.05) is 7.05 Å². The molecule has 1 aromatic rings. The number of imide groups is 1. The summed E-state index contributed by atoms with van der Waals surface area (Å²) in [6, 6.07) is 1.53. The van der Waals surface area contributed by atoms with E-state index in [1.54, 1.807) is 0 Å². The summed E-state index contributed by atoms with van der Waals surface area (Å²) in [5, 5.41) is 0. The predicted octanol–water partition coefficient (Wildman–Crippen LogP) is 1.63. The monoisotopic (exact) mass is 201 g/mol. The minimum atomic E-state index is -0.266. The molecule has 2 amide bonds. The molecule has 0 saturated heterocycles. The topological polar surface area (TPSA) is 37.4 Å². The van der Waals surface area contributed by atoms with Crippen molar-refractivity contribution >= 4 is 34.8 Å². The van der Waals surface area contributed by atoms with Crippen LogP contribution >= 0.6 is 22.9 Å². The fourth-order valence-electron chi connectivity index (χ4n) is 1.10. The fourth-order valence-corrected chi connectivity index (χ4v) is 2.30. The standard InChI is InChI=1S/C7H4ClNO2S/c1-9-6(10)3-2-4(8)12-5(3)7(9)11/h2H,1H3. The number of nitrogens with zero attached hydrogens (tertiary/aromatic N) is 1. The van der Waals surface area contributed by atoms with Crippen molar-refractivity contribution in [3.05, 3.63) is 20.8 Å². The molecule has 0 aromatic carbocycles. The number of rotatable bonds is 0. The average molecular weight is 202 g/mol. The average Bonchev–Trinajstić information content (AvgIpc) is 2.49. The normalized spacial score (nSPS) is 15.7. The van der Waals surface area contributed by atoms with Crippen molar-refractivity contribution in [1.29, 1.82) is 0 Å². The van der Waals surface area contributed by atoms with Gasteiger partial charge in [0.25, 0.3) is 11.8 Å². The first kappa shape index (κ1) is 7.76. The van der Waals surface area contributed by atoms with Crippen molar-refractivity contribution in [3.63, 3.8) is 0 Å². The van der Waals surface area contributed by atoms with Gasteiger partial charge in [0.15, 0.2) is 0 Å². The zero-order chi connectivity index (χ0) is 8.88. The van der Waals surface area contributed by atoms with Crippen LogP contribution in [0.4, 0.5) is 0 Å². The van der Waals surface area contributed by atoms with Crippen LogP contribution in [0.5, 0.6) is 0 Å². The molecule has 0 spiro atoms. The maximum absolute atomic E-state index is 11.3. The Hall–Kier alpha value is -0.870. The van der Waals surface area contributed by atoms with Crippen LogP contribution in [0, 0.1) is 0 Å². The number of carbonyl (C=O) groups excluding carboxylic acids is 2. The summed E-state index contributed by atoms with van der Waals surface area (Å²) in [7, 11) is 1.46. The highest BCUT2D eigenvalue weighted by molar-refractivity contribution is 7.18.